The monoisotopic (exact) mass is 337 g/mol. The van der Waals surface area contributed by atoms with Gasteiger partial charge in [-0.2, -0.15) is 0 Å². The second-order valence-corrected chi connectivity index (χ2v) is 6.03. The molecule has 7 nitrogen and oxygen atoms in total. The SMILES string of the molecule is C[C@H](Nc1cc2c3c(c(-c4ccccn4)[nH]c3c1)NCCO2)C(N)=O. The van der Waals surface area contributed by atoms with Crippen LogP contribution in [0.2, 0.25) is 0 Å². The van der Waals surface area contributed by atoms with Gasteiger partial charge in [-0.3, -0.25) is 9.78 Å². The first kappa shape index (κ1) is 15.3. The highest BCUT2D eigenvalue weighted by Crippen LogP contribution is 2.42. The van der Waals surface area contributed by atoms with E-state index in [-0.39, 0.29) is 0 Å². The smallest absolute Gasteiger partial charge is 0.239 e. The van der Waals surface area contributed by atoms with Crippen LogP contribution in [0.5, 0.6) is 5.75 Å². The first-order valence-corrected chi connectivity index (χ1v) is 8.17. The van der Waals surface area contributed by atoms with Crippen LogP contribution < -0.4 is 21.1 Å². The van der Waals surface area contributed by atoms with Crippen LogP contribution in [0.1, 0.15) is 6.92 Å². The molecule has 0 spiro atoms. The zero-order valence-electron chi connectivity index (χ0n) is 13.8. The quantitative estimate of drug-likeness (QED) is 0.585. The Hall–Kier alpha value is -3.22. The van der Waals surface area contributed by atoms with Gasteiger partial charge < -0.3 is 26.1 Å². The van der Waals surface area contributed by atoms with Crippen LogP contribution in [0.15, 0.2) is 36.5 Å². The van der Waals surface area contributed by atoms with Crippen molar-refractivity contribution in [2.45, 2.75) is 13.0 Å². The number of hydrogen-bond donors (Lipinski definition) is 4. The van der Waals surface area contributed by atoms with Gasteiger partial charge in [-0.05, 0) is 25.1 Å². The van der Waals surface area contributed by atoms with Crippen LogP contribution in [0.25, 0.3) is 22.3 Å². The van der Waals surface area contributed by atoms with Crippen molar-refractivity contribution in [3.8, 4) is 17.1 Å². The Balaban J connectivity index is 1.87. The molecule has 1 aromatic carbocycles. The number of carbonyl (C=O) groups is 1. The number of carbonyl (C=O) groups excluding carboxylic acids is 1. The summed E-state index contributed by atoms with van der Waals surface area (Å²) >= 11 is 0. The van der Waals surface area contributed by atoms with Crippen LogP contribution in [0.4, 0.5) is 11.4 Å². The Morgan fingerprint density at radius 1 is 1.40 bits per heavy atom. The van der Waals surface area contributed by atoms with Gasteiger partial charge >= 0.3 is 0 Å². The Morgan fingerprint density at radius 3 is 3.04 bits per heavy atom. The summed E-state index contributed by atoms with van der Waals surface area (Å²) in [6, 6.07) is 9.18. The number of benzene rings is 1. The standard InChI is InChI=1S/C18H19N5O2/c1-10(18(19)24)22-11-8-13-15-14(9-11)25-7-6-21-17(15)16(23-13)12-4-2-3-5-20-12/h2-5,8-10,21-23H,6-7H2,1H3,(H2,19,24)/t10-/m0/s1. The van der Waals surface area contributed by atoms with Gasteiger partial charge in [-0.15, -0.1) is 0 Å². The van der Waals surface area contributed by atoms with Crippen molar-refractivity contribution in [1.29, 1.82) is 0 Å². The second-order valence-electron chi connectivity index (χ2n) is 6.03. The molecular formula is C18H19N5O2. The number of nitrogens with one attached hydrogen (secondary N) is 3. The number of nitrogens with two attached hydrogens (primary N) is 1. The molecule has 3 aromatic rings. The maximum atomic E-state index is 11.3. The first-order chi connectivity index (χ1) is 12.1. The minimum Gasteiger partial charge on any atom is -0.491 e. The molecule has 0 saturated heterocycles. The number of rotatable bonds is 4. The molecule has 128 valence electrons. The van der Waals surface area contributed by atoms with E-state index in [4.69, 9.17) is 10.5 Å². The molecule has 0 unspecified atom stereocenters. The maximum Gasteiger partial charge on any atom is 0.239 e. The number of aromatic nitrogens is 2. The lowest BCUT2D eigenvalue weighted by Gasteiger charge is -2.13. The van der Waals surface area contributed by atoms with E-state index < -0.39 is 11.9 Å². The maximum absolute atomic E-state index is 11.3. The van der Waals surface area contributed by atoms with E-state index in [2.05, 4.69) is 20.6 Å². The predicted octanol–water partition coefficient (Wildman–Crippen LogP) is 2.32. The van der Waals surface area contributed by atoms with Crippen LogP contribution in [-0.4, -0.2) is 35.1 Å². The van der Waals surface area contributed by atoms with Crippen molar-refractivity contribution in [3.63, 3.8) is 0 Å². The van der Waals surface area contributed by atoms with Gasteiger partial charge in [0.2, 0.25) is 5.91 Å². The molecule has 25 heavy (non-hydrogen) atoms. The summed E-state index contributed by atoms with van der Waals surface area (Å²) in [6.45, 7) is 2.98. The molecule has 0 bridgehead atoms. The number of ether oxygens (including phenoxy) is 1. The third kappa shape index (κ3) is 2.73. The van der Waals surface area contributed by atoms with Crippen molar-refractivity contribution in [2.24, 2.45) is 5.73 Å². The van der Waals surface area contributed by atoms with E-state index in [1.165, 1.54) is 0 Å². The number of anilines is 2. The van der Waals surface area contributed by atoms with Crippen molar-refractivity contribution in [3.05, 3.63) is 36.5 Å². The fourth-order valence-electron chi connectivity index (χ4n) is 3.03. The summed E-state index contributed by atoms with van der Waals surface area (Å²) in [5, 5.41) is 7.52. The van der Waals surface area contributed by atoms with Crippen LogP contribution >= 0.6 is 0 Å². The first-order valence-electron chi connectivity index (χ1n) is 8.17. The van der Waals surface area contributed by atoms with Gasteiger partial charge in [0, 0.05) is 24.5 Å². The van der Waals surface area contributed by atoms with E-state index in [1.807, 2.05) is 30.3 Å². The van der Waals surface area contributed by atoms with Crippen LogP contribution in [0.3, 0.4) is 0 Å². The van der Waals surface area contributed by atoms with Gasteiger partial charge in [0.1, 0.15) is 18.4 Å². The van der Waals surface area contributed by atoms with E-state index in [0.717, 1.165) is 39.4 Å². The molecule has 1 aliphatic heterocycles. The van der Waals surface area contributed by atoms with Crippen LogP contribution in [-0.2, 0) is 4.79 Å². The van der Waals surface area contributed by atoms with E-state index >= 15 is 0 Å². The Bertz CT molecular complexity index is 936. The molecule has 0 saturated carbocycles. The second kappa shape index (κ2) is 6.01. The summed E-state index contributed by atoms with van der Waals surface area (Å²) in [5.74, 6) is 0.352. The number of aromatic amines is 1. The number of pyridine rings is 1. The molecule has 0 radical (unpaired) electrons. The third-order valence-electron chi connectivity index (χ3n) is 4.25. The minimum atomic E-state index is -0.474. The molecule has 4 rings (SSSR count). The van der Waals surface area contributed by atoms with E-state index in [9.17, 15) is 4.79 Å². The molecule has 0 fully saturated rings. The van der Waals surface area contributed by atoms with E-state index in [1.54, 1.807) is 13.1 Å². The molecule has 1 aliphatic rings. The highest BCUT2D eigenvalue weighted by atomic mass is 16.5. The molecule has 7 heteroatoms. The lowest BCUT2D eigenvalue weighted by molar-refractivity contribution is -0.118. The van der Waals surface area contributed by atoms with Gasteiger partial charge in [-0.25, -0.2) is 0 Å². The Labute approximate surface area is 144 Å². The van der Waals surface area contributed by atoms with Gasteiger partial charge in [-0.1, -0.05) is 6.07 Å². The number of amides is 1. The fraction of sp³-hybridized carbons (Fsp3) is 0.222. The minimum absolute atomic E-state index is 0.408. The number of nitrogens with zero attached hydrogens (tertiary/aromatic N) is 1. The highest BCUT2D eigenvalue weighted by molar-refractivity contribution is 6.06. The Kier molecular flexibility index (Phi) is 3.68. The number of hydrogen-bond acceptors (Lipinski definition) is 5. The van der Waals surface area contributed by atoms with Crippen molar-refractivity contribution < 1.29 is 9.53 Å². The summed E-state index contributed by atoms with van der Waals surface area (Å²) in [6.07, 6.45) is 1.77. The molecule has 2 aromatic heterocycles. The largest absolute Gasteiger partial charge is 0.491 e. The fourth-order valence-corrected chi connectivity index (χ4v) is 3.03. The number of H-pyrrole nitrogens is 1. The van der Waals surface area contributed by atoms with Gasteiger partial charge in [0.05, 0.1) is 28.0 Å². The summed E-state index contributed by atoms with van der Waals surface area (Å²) in [7, 11) is 0. The van der Waals surface area contributed by atoms with Gasteiger partial charge in [0.25, 0.3) is 0 Å². The van der Waals surface area contributed by atoms with E-state index in [0.29, 0.717) is 13.2 Å². The molecule has 5 N–H and O–H groups in total. The topological polar surface area (TPSA) is 105 Å². The molecule has 3 heterocycles. The molecule has 0 aliphatic carbocycles. The predicted molar refractivity (Wildman–Crippen MR) is 97.8 cm³/mol. The number of primary amides is 1. The molecule has 1 amide bonds. The zero-order chi connectivity index (χ0) is 17.4. The third-order valence-corrected chi connectivity index (χ3v) is 4.25. The average molecular weight is 337 g/mol. The molecule has 1 atom stereocenters. The Morgan fingerprint density at radius 2 is 2.28 bits per heavy atom. The normalized spacial score (nSPS) is 14.3. The highest BCUT2D eigenvalue weighted by Gasteiger charge is 2.21. The lowest BCUT2D eigenvalue weighted by Crippen LogP contribution is -2.32. The summed E-state index contributed by atoms with van der Waals surface area (Å²) in [5.41, 5.74) is 9.78. The van der Waals surface area contributed by atoms with Gasteiger partial charge in [0.15, 0.2) is 0 Å². The van der Waals surface area contributed by atoms with Crippen molar-refractivity contribution in [1.82, 2.24) is 9.97 Å². The van der Waals surface area contributed by atoms with Crippen LogP contribution in [0, 0.1) is 0 Å². The zero-order valence-corrected chi connectivity index (χ0v) is 13.8. The van der Waals surface area contributed by atoms with Crippen molar-refractivity contribution >= 4 is 28.2 Å². The average Bonchev–Trinajstić information content (AvgIpc) is 2.83. The van der Waals surface area contributed by atoms with Crippen molar-refractivity contribution in [2.75, 3.05) is 23.8 Å². The summed E-state index contributed by atoms with van der Waals surface area (Å²) < 4.78 is 5.89. The molecular weight excluding hydrogens is 318 g/mol. The lowest BCUT2D eigenvalue weighted by atomic mass is 10.1. The summed E-state index contributed by atoms with van der Waals surface area (Å²) in [4.78, 5) is 19.2.